The van der Waals surface area contributed by atoms with Crippen LogP contribution in [-0.4, -0.2) is 46.4 Å². The van der Waals surface area contributed by atoms with Crippen molar-refractivity contribution in [3.05, 3.63) is 47.8 Å². The third-order valence-corrected chi connectivity index (χ3v) is 4.50. The highest BCUT2D eigenvalue weighted by Gasteiger charge is 2.27. The number of nitrogens with zero attached hydrogens (tertiary/aromatic N) is 3. The first-order valence-electron chi connectivity index (χ1n) is 8.77. The van der Waals surface area contributed by atoms with Crippen LogP contribution in [0.5, 0.6) is 0 Å². The Bertz CT molecular complexity index is 679. The highest BCUT2D eigenvalue weighted by molar-refractivity contribution is 5.95. The van der Waals surface area contributed by atoms with E-state index in [4.69, 9.17) is 4.74 Å². The Labute approximate surface area is 143 Å². The van der Waals surface area contributed by atoms with E-state index in [0.29, 0.717) is 18.7 Å². The van der Waals surface area contributed by atoms with Crippen molar-refractivity contribution in [3.63, 3.8) is 0 Å². The van der Waals surface area contributed by atoms with Crippen LogP contribution < -0.4 is 0 Å². The van der Waals surface area contributed by atoms with Crippen LogP contribution in [0.1, 0.15) is 42.7 Å². The summed E-state index contributed by atoms with van der Waals surface area (Å²) in [5.41, 5.74) is 2.66. The van der Waals surface area contributed by atoms with Crippen LogP contribution in [0.3, 0.4) is 0 Å². The predicted molar refractivity (Wildman–Crippen MR) is 93.5 cm³/mol. The number of piperidine rings is 1. The van der Waals surface area contributed by atoms with E-state index in [1.807, 2.05) is 46.8 Å². The molecule has 1 aliphatic rings. The molecule has 5 heteroatoms. The minimum Gasteiger partial charge on any atom is -0.377 e. The average Bonchev–Trinajstić information content (AvgIpc) is 3.06. The monoisotopic (exact) mass is 327 g/mol. The lowest BCUT2D eigenvalue weighted by molar-refractivity contribution is 0.00720. The van der Waals surface area contributed by atoms with Crippen molar-refractivity contribution >= 4 is 5.91 Å². The van der Waals surface area contributed by atoms with Crippen LogP contribution >= 0.6 is 0 Å². The zero-order valence-corrected chi connectivity index (χ0v) is 14.4. The number of aromatic nitrogens is 2. The number of amides is 1. The molecule has 0 unspecified atom stereocenters. The molecule has 0 aliphatic carbocycles. The van der Waals surface area contributed by atoms with Crippen LogP contribution in [0.15, 0.2) is 36.5 Å². The maximum Gasteiger partial charge on any atom is 0.257 e. The van der Waals surface area contributed by atoms with Crippen molar-refractivity contribution in [3.8, 4) is 5.69 Å². The molecule has 1 aromatic carbocycles. The van der Waals surface area contributed by atoms with Gasteiger partial charge in [-0.1, -0.05) is 25.1 Å². The summed E-state index contributed by atoms with van der Waals surface area (Å²) in [6.45, 7) is 6.22. The molecule has 1 saturated heterocycles. The minimum atomic E-state index is 0.0680. The number of rotatable bonds is 5. The second-order valence-electron chi connectivity index (χ2n) is 6.08. The lowest BCUT2D eigenvalue weighted by atomic mass is 10.1. The largest absolute Gasteiger partial charge is 0.377 e. The molecule has 0 saturated carbocycles. The van der Waals surface area contributed by atoms with Crippen molar-refractivity contribution in [2.75, 3.05) is 19.7 Å². The molecule has 1 fully saturated rings. The molecule has 0 N–H and O–H groups in total. The molecule has 3 rings (SSSR count). The van der Waals surface area contributed by atoms with Gasteiger partial charge in [0.25, 0.3) is 5.91 Å². The van der Waals surface area contributed by atoms with Crippen LogP contribution in [-0.2, 0) is 11.2 Å². The van der Waals surface area contributed by atoms with Gasteiger partial charge in [0.05, 0.1) is 29.2 Å². The molecule has 0 spiro atoms. The van der Waals surface area contributed by atoms with E-state index in [1.54, 1.807) is 6.20 Å². The highest BCUT2D eigenvalue weighted by Crippen LogP contribution is 2.20. The van der Waals surface area contributed by atoms with Crippen LogP contribution in [0.2, 0.25) is 0 Å². The number of hydrogen-bond acceptors (Lipinski definition) is 3. The Kier molecular flexibility index (Phi) is 5.30. The van der Waals surface area contributed by atoms with Gasteiger partial charge in [-0.25, -0.2) is 4.68 Å². The summed E-state index contributed by atoms with van der Waals surface area (Å²) in [6.07, 6.45) is 4.64. The standard InChI is InChI=1S/C19H25N3O2/c1-3-18-17(13-20-22(18)15-9-6-5-7-10-15)19(23)21-12-8-11-16(14-21)24-4-2/h5-7,9-10,13,16H,3-4,8,11-12,14H2,1-2H3/t16-/m1/s1. The van der Waals surface area contributed by atoms with Crippen molar-refractivity contribution < 1.29 is 9.53 Å². The van der Waals surface area contributed by atoms with Gasteiger partial charge in [-0.3, -0.25) is 4.79 Å². The summed E-state index contributed by atoms with van der Waals surface area (Å²) in [4.78, 5) is 14.9. The third-order valence-electron chi connectivity index (χ3n) is 4.50. The topological polar surface area (TPSA) is 47.4 Å². The molecule has 0 radical (unpaired) electrons. The van der Waals surface area contributed by atoms with E-state index in [-0.39, 0.29) is 12.0 Å². The number of hydrogen-bond donors (Lipinski definition) is 0. The molecular formula is C19H25N3O2. The Morgan fingerprint density at radius 2 is 2.08 bits per heavy atom. The zero-order valence-electron chi connectivity index (χ0n) is 14.4. The van der Waals surface area contributed by atoms with Gasteiger partial charge in [0.1, 0.15) is 0 Å². The van der Waals surface area contributed by atoms with E-state index in [1.165, 1.54) is 0 Å². The molecule has 1 atom stereocenters. The third kappa shape index (κ3) is 3.36. The lowest BCUT2D eigenvalue weighted by Gasteiger charge is -2.32. The summed E-state index contributed by atoms with van der Waals surface area (Å²) in [5.74, 6) is 0.0680. The van der Waals surface area contributed by atoms with Crippen molar-refractivity contribution in [1.82, 2.24) is 14.7 Å². The number of benzene rings is 1. The number of carbonyl (C=O) groups is 1. The SMILES string of the molecule is CCO[C@@H]1CCCN(C(=O)c2cnn(-c3ccccc3)c2CC)C1. The summed E-state index contributed by atoms with van der Waals surface area (Å²) < 4.78 is 7.59. The van der Waals surface area contributed by atoms with E-state index in [0.717, 1.165) is 37.2 Å². The van der Waals surface area contributed by atoms with Gasteiger partial charge >= 0.3 is 0 Å². The van der Waals surface area contributed by atoms with Crippen molar-refractivity contribution in [2.45, 2.75) is 39.2 Å². The quantitative estimate of drug-likeness (QED) is 0.848. The smallest absolute Gasteiger partial charge is 0.257 e. The van der Waals surface area contributed by atoms with E-state index >= 15 is 0 Å². The average molecular weight is 327 g/mol. The number of likely N-dealkylation sites (tertiary alicyclic amines) is 1. The first-order valence-corrected chi connectivity index (χ1v) is 8.77. The number of carbonyl (C=O) groups excluding carboxylic acids is 1. The molecular weight excluding hydrogens is 302 g/mol. The molecule has 24 heavy (non-hydrogen) atoms. The van der Waals surface area contributed by atoms with Crippen molar-refractivity contribution in [1.29, 1.82) is 0 Å². The fourth-order valence-electron chi connectivity index (χ4n) is 3.35. The maximum atomic E-state index is 13.0. The normalized spacial score (nSPS) is 17.9. The molecule has 2 aromatic rings. The fourth-order valence-corrected chi connectivity index (χ4v) is 3.35. The molecule has 5 nitrogen and oxygen atoms in total. The van der Waals surface area contributed by atoms with Gasteiger partial charge in [0.2, 0.25) is 0 Å². The molecule has 1 amide bonds. The molecule has 2 heterocycles. The van der Waals surface area contributed by atoms with Gasteiger partial charge in [0.15, 0.2) is 0 Å². The van der Waals surface area contributed by atoms with Gasteiger partial charge in [-0.2, -0.15) is 5.10 Å². The molecule has 128 valence electrons. The summed E-state index contributed by atoms with van der Waals surface area (Å²) >= 11 is 0. The van der Waals surface area contributed by atoms with E-state index < -0.39 is 0 Å². The lowest BCUT2D eigenvalue weighted by Crippen LogP contribution is -2.43. The van der Waals surface area contributed by atoms with Crippen LogP contribution in [0.25, 0.3) is 5.69 Å². The van der Waals surface area contributed by atoms with Gasteiger partial charge in [-0.15, -0.1) is 0 Å². The first-order chi connectivity index (χ1) is 11.7. The molecule has 0 bridgehead atoms. The Balaban J connectivity index is 1.84. The fraction of sp³-hybridized carbons (Fsp3) is 0.474. The van der Waals surface area contributed by atoms with Gasteiger partial charge < -0.3 is 9.64 Å². The second kappa shape index (κ2) is 7.62. The first kappa shape index (κ1) is 16.7. The minimum absolute atomic E-state index is 0.0680. The van der Waals surface area contributed by atoms with Gasteiger partial charge in [0, 0.05) is 19.7 Å². The highest BCUT2D eigenvalue weighted by atomic mass is 16.5. The zero-order chi connectivity index (χ0) is 16.9. The second-order valence-corrected chi connectivity index (χ2v) is 6.08. The Morgan fingerprint density at radius 3 is 2.79 bits per heavy atom. The summed E-state index contributed by atoms with van der Waals surface area (Å²) in [7, 11) is 0. The summed E-state index contributed by atoms with van der Waals surface area (Å²) in [5, 5.41) is 4.47. The van der Waals surface area contributed by atoms with Crippen LogP contribution in [0, 0.1) is 0 Å². The molecule has 1 aliphatic heterocycles. The van der Waals surface area contributed by atoms with Crippen LogP contribution in [0.4, 0.5) is 0 Å². The van der Waals surface area contributed by atoms with E-state index in [2.05, 4.69) is 12.0 Å². The van der Waals surface area contributed by atoms with Gasteiger partial charge in [-0.05, 0) is 38.3 Å². The number of ether oxygens (including phenoxy) is 1. The Hall–Kier alpha value is -2.14. The Morgan fingerprint density at radius 1 is 1.29 bits per heavy atom. The summed E-state index contributed by atoms with van der Waals surface area (Å²) in [6, 6.07) is 9.95. The maximum absolute atomic E-state index is 13.0. The predicted octanol–water partition coefficient (Wildman–Crippen LogP) is 3.08. The molecule has 1 aromatic heterocycles. The number of para-hydroxylation sites is 1. The van der Waals surface area contributed by atoms with E-state index in [9.17, 15) is 4.79 Å². The van der Waals surface area contributed by atoms with Crippen molar-refractivity contribution in [2.24, 2.45) is 0 Å².